The first-order chi connectivity index (χ1) is 8.51. The average Bonchev–Trinajstić information content (AvgIpc) is 2.38. The monoisotopic (exact) mass is 251 g/mol. The van der Waals surface area contributed by atoms with Crippen molar-refractivity contribution >= 4 is 11.8 Å². The maximum atomic E-state index is 12.1. The Bertz CT molecular complexity index is 352. The summed E-state index contributed by atoms with van der Waals surface area (Å²) in [4.78, 5) is 25.3. The third-order valence-corrected chi connectivity index (χ3v) is 3.50. The van der Waals surface area contributed by atoms with Crippen LogP contribution in [0.4, 0.5) is 0 Å². The van der Waals surface area contributed by atoms with Crippen LogP contribution < -0.4 is 5.32 Å². The number of likely N-dealkylation sites (tertiary alicyclic amines) is 1. The van der Waals surface area contributed by atoms with E-state index in [1.165, 1.54) is 0 Å². The fourth-order valence-electron chi connectivity index (χ4n) is 2.25. The largest absolute Gasteiger partial charge is 0.359 e. The molecule has 2 amide bonds. The summed E-state index contributed by atoms with van der Waals surface area (Å²) in [5, 5.41) is 11.7. The van der Waals surface area contributed by atoms with Gasteiger partial charge in [-0.3, -0.25) is 9.59 Å². The summed E-state index contributed by atoms with van der Waals surface area (Å²) in [5.41, 5.74) is 0. The topological polar surface area (TPSA) is 73.2 Å². The molecule has 1 rings (SSSR count). The van der Waals surface area contributed by atoms with Gasteiger partial charge in [0.15, 0.2) is 0 Å². The van der Waals surface area contributed by atoms with Crippen LogP contribution in [0, 0.1) is 29.1 Å². The van der Waals surface area contributed by atoms with Crippen LogP contribution in [0.5, 0.6) is 0 Å². The van der Waals surface area contributed by atoms with Gasteiger partial charge in [-0.25, -0.2) is 0 Å². The van der Waals surface area contributed by atoms with Crippen molar-refractivity contribution in [2.75, 3.05) is 20.1 Å². The molecule has 0 aliphatic carbocycles. The molecule has 0 bridgehead atoms. The van der Waals surface area contributed by atoms with Gasteiger partial charge in [-0.2, -0.15) is 5.26 Å². The summed E-state index contributed by atoms with van der Waals surface area (Å²) in [6.45, 7) is 4.90. The maximum absolute atomic E-state index is 12.1. The van der Waals surface area contributed by atoms with E-state index in [1.807, 2.05) is 13.8 Å². The average molecular weight is 251 g/mol. The fraction of sp³-hybridized carbons (Fsp3) is 0.769. The summed E-state index contributed by atoms with van der Waals surface area (Å²) < 4.78 is 0. The van der Waals surface area contributed by atoms with Crippen molar-refractivity contribution < 1.29 is 9.59 Å². The molecular formula is C13H21N3O2. The van der Waals surface area contributed by atoms with Crippen molar-refractivity contribution in [2.45, 2.75) is 26.7 Å². The molecule has 100 valence electrons. The van der Waals surface area contributed by atoms with Gasteiger partial charge < -0.3 is 10.2 Å². The van der Waals surface area contributed by atoms with E-state index in [0.29, 0.717) is 25.9 Å². The standard InChI is InChI=1S/C13H21N3O2/c1-9(2)11(8-14)13(18)16-6-4-10(5-7-16)12(17)15-3/h9-11H,4-7H2,1-3H3,(H,15,17). The first kappa shape index (κ1) is 14.5. The van der Waals surface area contributed by atoms with Crippen molar-refractivity contribution in [1.29, 1.82) is 5.26 Å². The Hall–Kier alpha value is -1.57. The van der Waals surface area contributed by atoms with Gasteiger partial charge in [0.1, 0.15) is 5.92 Å². The molecule has 1 N–H and O–H groups in total. The van der Waals surface area contributed by atoms with Crippen LogP contribution in [0.1, 0.15) is 26.7 Å². The molecule has 1 unspecified atom stereocenters. The number of carbonyl (C=O) groups excluding carboxylic acids is 2. The Labute approximate surface area is 108 Å². The van der Waals surface area contributed by atoms with Crippen molar-refractivity contribution in [3.8, 4) is 6.07 Å². The first-order valence-electron chi connectivity index (χ1n) is 6.41. The van der Waals surface area contributed by atoms with Crippen LogP contribution in [0.25, 0.3) is 0 Å². The van der Waals surface area contributed by atoms with Crippen LogP contribution in [0.15, 0.2) is 0 Å². The molecule has 0 aromatic carbocycles. The zero-order chi connectivity index (χ0) is 13.7. The quantitative estimate of drug-likeness (QED) is 0.805. The lowest BCUT2D eigenvalue weighted by Gasteiger charge is -2.32. The first-order valence-corrected chi connectivity index (χ1v) is 6.41. The van der Waals surface area contributed by atoms with E-state index < -0.39 is 5.92 Å². The lowest BCUT2D eigenvalue weighted by molar-refractivity contribution is -0.138. The Morgan fingerprint density at radius 3 is 2.28 bits per heavy atom. The fourth-order valence-corrected chi connectivity index (χ4v) is 2.25. The van der Waals surface area contributed by atoms with E-state index in [0.717, 1.165) is 0 Å². The predicted octanol–water partition coefficient (Wildman–Crippen LogP) is 0.767. The van der Waals surface area contributed by atoms with Gasteiger partial charge >= 0.3 is 0 Å². The Morgan fingerprint density at radius 1 is 1.33 bits per heavy atom. The minimum Gasteiger partial charge on any atom is -0.359 e. The summed E-state index contributed by atoms with van der Waals surface area (Å²) in [5.74, 6) is -0.593. The highest BCUT2D eigenvalue weighted by Gasteiger charge is 2.31. The summed E-state index contributed by atoms with van der Waals surface area (Å²) in [6.07, 6.45) is 1.36. The number of hydrogen-bond acceptors (Lipinski definition) is 3. The molecule has 0 saturated carbocycles. The van der Waals surface area contributed by atoms with E-state index >= 15 is 0 Å². The Balaban J connectivity index is 2.55. The number of piperidine rings is 1. The molecular weight excluding hydrogens is 230 g/mol. The number of rotatable bonds is 3. The molecule has 1 aliphatic heterocycles. The van der Waals surface area contributed by atoms with Crippen LogP contribution in [0.2, 0.25) is 0 Å². The molecule has 1 fully saturated rings. The molecule has 18 heavy (non-hydrogen) atoms. The molecule has 1 aliphatic rings. The molecule has 0 spiro atoms. The van der Waals surface area contributed by atoms with E-state index in [1.54, 1.807) is 11.9 Å². The number of carbonyl (C=O) groups is 2. The SMILES string of the molecule is CNC(=O)C1CCN(C(=O)C(C#N)C(C)C)CC1. The zero-order valence-electron chi connectivity index (χ0n) is 11.3. The highest BCUT2D eigenvalue weighted by Crippen LogP contribution is 2.21. The minimum atomic E-state index is -0.568. The summed E-state index contributed by atoms with van der Waals surface area (Å²) in [7, 11) is 1.63. The second-order valence-corrected chi connectivity index (χ2v) is 5.06. The van der Waals surface area contributed by atoms with Crippen molar-refractivity contribution in [3.05, 3.63) is 0 Å². The smallest absolute Gasteiger partial charge is 0.240 e. The summed E-state index contributed by atoms with van der Waals surface area (Å²) >= 11 is 0. The van der Waals surface area contributed by atoms with E-state index in [2.05, 4.69) is 11.4 Å². The van der Waals surface area contributed by atoms with Crippen LogP contribution in [-0.2, 0) is 9.59 Å². The molecule has 0 radical (unpaired) electrons. The molecule has 1 atom stereocenters. The Kier molecular flexibility index (Phi) is 5.14. The van der Waals surface area contributed by atoms with Gasteiger partial charge in [-0.05, 0) is 18.8 Å². The zero-order valence-corrected chi connectivity index (χ0v) is 11.3. The number of nitriles is 1. The van der Waals surface area contributed by atoms with Crippen LogP contribution in [0.3, 0.4) is 0 Å². The highest BCUT2D eigenvalue weighted by atomic mass is 16.2. The second-order valence-electron chi connectivity index (χ2n) is 5.06. The molecule has 0 aromatic rings. The van der Waals surface area contributed by atoms with Crippen molar-refractivity contribution in [2.24, 2.45) is 17.8 Å². The van der Waals surface area contributed by atoms with Crippen LogP contribution >= 0.6 is 0 Å². The number of hydrogen-bond donors (Lipinski definition) is 1. The predicted molar refractivity (Wildman–Crippen MR) is 67.3 cm³/mol. The van der Waals surface area contributed by atoms with Gasteiger partial charge in [-0.15, -0.1) is 0 Å². The maximum Gasteiger partial charge on any atom is 0.240 e. The van der Waals surface area contributed by atoms with Crippen molar-refractivity contribution in [1.82, 2.24) is 10.2 Å². The van der Waals surface area contributed by atoms with Gasteiger partial charge in [0.05, 0.1) is 6.07 Å². The molecule has 0 aromatic heterocycles. The lowest BCUT2D eigenvalue weighted by atomic mass is 9.92. The molecule has 1 saturated heterocycles. The van der Waals surface area contributed by atoms with Gasteiger partial charge in [0.25, 0.3) is 0 Å². The molecule has 5 nitrogen and oxygen atoms in total. The number of nitrogens with zero attached hydrogens (tertiary/aromatic N) is 2. The van der Waals surface area contributed by atoms with Crippen LogP contribution in [-0.4, -0.2) is 36.9 Å². The minimum absolute atomic E-state index is 0.00126. The summed E-state index contributed by atoms with van der Waals surface area (Å²) in [6, 6.07) is 2.07. The van der Waals surface area contributed by atoms with E-state index in [4.69, 9.17) is 5.26 Å². The van der Waals surface area contributed by atoms with Gasteiger partial charge in [0.2, 0.25) is 11.8 Å². The van der Waals surface area contributed by atoms with Gasteiger partial charge in [-0.1, -0.05) is 13.8 Å². The third-order valence-electron chi connectivity index (χ3n) is 3.50. The van der Waals surface area contributed by atoms with E-state index in [9.17, 15) is 9.59 Å². The molecule has 1 heterocycles. The lowest BCUT2D eigenvalue weighted by Crippen LogP contribution is -2.45. The molecule has 5 heteroatoms. The van der Waals surface area contributed by atoms with E-state index in [-0.39, 0.29) is 23.7 Å². The van der Waals surface area contributed by atoms with Crippen molar-refractivity contribution in [3.63, 3.8) is 0 Å². The third kappa shape index (κ3) is 3.22. The highest BCUT2D eigenvalue weighted by molar-refractivity contribution is 5.82. The number of amides is 2. The number of nitrogens with one attached hydrogen (secondary N) is 1. The van der Waals surface area contributed by atoms with Gasteiger partial charge in [0, 0.05) is 26.1 Å². The normalized spacial score (nSPS) is 18.3. The second kappa shape index (κ2) is 6.39. The Morgan fingerprint density at radius 2 is 1.89 bits per heavy atom.